The van der Waals surface area contributed by atoms with Crippen molar-refractivity contribution in [2.24, 2.45) is 0 Å². The van der Waals surface area contributed by atoms with E-state index < -0.39 is 15.6 Å². The molecule has 430 valence electrons. The fourth-order valence-corrected chi connectivity index (χ4v) is 9.09. The van der Waals surface area contributed by atoms with E-state index in [1.165, 1.54) is 280 Å². The Bertz CT molecular complexity index is 951. The molecule has 0 aromatic heterocycles. The van der Waals surface area contributed by atoms with Crippen molar-refractivity contribution in [3.8, 4) is 0 Å². The van der Waals surface area contributed by atoms with Crippen LogP contribution in [0.3, 0.4) is 0 Å². The third-order valence-corrected chi connectivity index (χ3v) is 14.2. The first-order chi connectivity index (χ1) is 33.3. The predicted molar refractivity (Wildman–Crippen MR) is 305 cm³/mol. The van der Waals surface area contributed by atoms with Crippen LogP contribution in [0, 0.1) is 0 Å². The minimum absolute atomic E-state index is 0.0166. The number of hydrogen-bond acceptors (Lipinski definition) is 8. The monoisotopic (exact) mass is 1050 g/mol. The van der Waals surface area contributed by atoms with Gasteiger partial charge >= 0.3 is 0 Å². The highest BCUT2D eigenvalue weighted by atomic mass is 31.2. The number of phosphoric ester groups is 2. The van der Waals surface area contributed by atoms with Gasteiger partial charge in [-0.1, -0.05) is 202 Å². The Morgan fingerprint density at radius 3 is 0.771 bits per heavy atom. The Labute approximate surface area is 440 Å². The summed E-state index contributed by atoms with van der Waals surface area (Å²) < 4.78 is 34.8. The Kier molecular flexibility index (Phi) is 69.6. The van der Waals surface area contributed by atoms with Crippen molar-refractivity contribution >= 4 is 15.6 Å². The lowest BCUT2D eigenvalue weighted by Gasteiger charge is -2.30. The summed E-state index contributed by atoms with van der Waals surface area (Å²) in [7, 11) is 1.30. The molecule has 13 heteroatoms. The quantitative estimate of drug-likeness (QED) is 0.0346. The maximum atomic E-state index is 10.4. The van der Waals surface area contributed by atoms with E-state index in [4.69, 9.17) is 4.89 Å². The summed E-state index contributed by atoms with van der Waals surface area (Å²) in [5.74, 6) is 0. The topological polar surface area (TPSA) is 140 Å². The second-order valence-corrected chi connectivity index (χ2v) is 23.5. The summed E-state index contributed by atoms with van der Waals surface area (Å²) in [5, 5.41) is 3.46. The largest absolute Gasteiger partial charge is 0.756 e. The van der Waals surface area contributed by atoms with E-state index in [2.05, 4.69) is 88.6 Å². The minimum Gasteiger partial charge on any atom is -0.756 e. The van der Waals surface area contributed by atoms with Gasteiger partial charge in [0, 0.05) is 0 Å². The summed E-state index contributed by atoms with van der Waals surface area (Å²) in [6.07, 6.45) is 49.8. The van der Waals surface area contributed by atoms with Crippen molar-refractivity contribution in [3.05, 3.63) is 0 Å². The highest BCUT2D eigenvalue weighted by Crippen LogP contribution is 2.37. The molecule has 0 spiro atoms. The van der Waals surface area contributed by atoms with Crippen LogP contribution in [0.4, 0.5) is 0 Å². The van der Waals surface area contributed by atoms with Crippen LogP contribution < -0.4 is 15.1 Å². The molecule has 2 N–H and O–H groups in total. The lowest BCUT2D eigenvalue weighted by atomic mass is 10.1. The van der Waals surface area contributed by atoms with E-state index in [1.807, 2.05) is 0 Å². The first-order valence-corrected chi connectivity index (χ1v) is 32.9. The lowest BCUT2D eigenvalue weighted by Crippen LogP contribution is -2.41. The molecule has 0 aromatic rings. The van der Waals surface area contributed by atoms with Crippen molar-refractivity contribution in [1.29, 1.82) is 0 Å². The molecule has 1 unspecified atom stereocenters. The third-order valence-electron chi connectivity index (χ3n) is 12.5. The number of rotatable bonds is 47. The number of hydrogen-bond donors (Lipinski definition) is 2. The number of nitrogens with one attached hydrogen (secondary N) is 1. The van der Waals surface area contributed by atoms with Crippen LogP contribution in [0.2, 0.25) is 0 Å². The van der Waals surface area contributed by atoms with Gasteiger partial charge in [0.15, 0.2) is 0 Å². The molecule has 0 radical (unpaired) electrons. The summed E-state index contributed by atoms with van der Waals surface area (Å²) in [6, 6.07) is 0. The molecule has 0 aromatic carbocycles. The molecular weight excluding hydrogens is 917 g/mol. The average Bonchev–Trinajstić information content (AvgIpc) is 3.29. The molecule has 11 nitrogen and oxygen atoms in total. The summed E-state index contributed by atoms with van der Waals surface area (Å²) in [6.45, 7) is 26.5. The molecule has 0 saturated heterocycles. The number of nitrogens with zero attached hydrogens (tertiary/aromatic N) is 2. The Hall–Kier alpha value is 0.100. The second kappa shape index (κ2) is 61.6. The van der Waals surface area contributed by atoms with Gasteiger partial charge in [-0.05, 0) is 98.1 Å². The zero-order valence-electron chi connectivity index (χ0n) is 49.7. The van der Waals surface area contributed by atoms with E-state index >= 15 is 0 Å². The van der Waals surface area contributed by atoms with Crippen LogP contribution in [-0.4, -0.2) is 101 Å². The maximum Gasteiger partial charge on any atom is 0.267 e. The Morgan fingerprint density at radius 2 is 0.571 bits per heavy atom. The highest BCUT2D eigenvalue weighted by Gasteiger charge is 2.14. The third kappa shape index (κ3) is 82.1. The standard InChI is InChI=1S/2C18H40N.C15H33N.C4H11O4P.C2H7O4P/c2*1-5-7-9-11-13-15-17-19(3,4)18-16-14-12-10-8-6-2;1-3-5-6-7-8-9-10-11-12-13-15-16-14-4-2;1-3-7-9(5,6)8-4-2;1-2-6-7(3,4)5/h2*5-18H2,1-4H3;16H,3-15H2,1-2H3;3-4H2,1-2H3,(H,5,6);2H2,1H3,(H2,3,4,5)/q2*+1;;;/p-2. The molecule has 0 aliphatic rings. The summed E-state index contributed by atoms with van der Waals surface area (Å²) in [5.41, 5.74) is 0. The SMILES string of the molecule is CCCCCCCCCCCCNCCC.CCCCCCCC[N+](C)(C)CCCCCCCC.CCCCCCCC[N+](C)(C)CCCCCCCC.CCOP(=O)([O-])O.CCOP(=O)([O-])OCC. The number of unbranched alkanes of at least 4 members (excludes halogenated alkanes) is 29. The van der Waals surface area contributed by atoms with Crippen molar-refractivity contribution < 1.29 is 46.3 Å². The van der Waals surface area contributed by atoms with E-state index in [0.717, 1.165) is 0 Å². The van der Waals surface area contributed by atoms with Crippen molar-refractivity contribution in [1.82, 2.24) is 5.32 Å². The normalized spacial score (nSPS) is 12.4. The van der Waals surface area contributed by atoms with Gasteiger partial charge in [0.05, 0.1) is 74.2 Å². The maximum absolute atomic E-state index is 10.4. The van der Waals surface area contributed by atoms with Crippen LogP contribution in [0.15, 0.2) is 0 Å². The van der Waals surface area contributed by atoms with E-state index in [1.54, 1.807) is 13.8 Å². The summed E-state index contributed by atoms with van der Waals surface area (Å²) >= 11 is 0. The molecule has 0 aliphatic carbocycles. The Balaban J connectivity index is -0.000000262. The first-order valence-electron chi connectivity index (χ1n) is 30.0. The zero-order chi connectivity index (χ0) is 53.9. The lowest BCUT2D eigenvalue weighted by molar-refractivity contribution is -0.890. The number of quaternary nitrogens is 2. The van der Waals surface area contributed by atoms with Gasteiger partial charge in [-0.25, -0.2) is 0 Å². The smallest absolute Gasteiger partial charge is 0.267 e. The van der Waals surface area contributed by atoms with E-state index in [0.29, 0.717) is 0 Å². The Morgan fingerprint density at radius 1 is 0.343 bits per heavy atom. The van der Waals surface area contributed by atoms with Crippen molar-refractivity contribution in [2.75, 3.05) is 87.3 Å². The van der Waals surface area contributed by atoms with E-state index in [9.17, 15) is 18.9 Å². The van der Waals surface area contributed by atoms with Crippen molar-refractivity contribution in [2.45, 2.75) is 287 Å². The molecule has 0 rings (SSSR count). The first kappa shape index (κ1) is 79.0. The summed E-state index contributed by atoms with van der Waals surface area (Å²) in [4.78, 5) is 27.8. The van der Waals surface area contributed by atoms with E-state index in [-0.39, 0.29) is 19.8 Å². The molecule has 0 heterocycles. The second-order valence-electron chi connectivity index (χ2n) is 20.9. The van der Waals surface area contributed by atoms with Gasteiger partial charge in [0.2, 0.25) is 0 Å². The predicted octanol–water partition coefficient (Wildman–Crippen LogP) is 16.5. The van der Waals surface area contributed by atoms with Gasteiger partial charge in [-0.3, -0.25) is 9.13 Å². The van der Waals surface area contributed by atoms with Crippen LogP contribution >= 0.6 is 15.6 Å². The van der Waals surface area contributed by atoms with Gasteiger partial charge in [0.25, 0.3) is 15.6 Å². The number of phosphoric acid groups is 2. The molecule has 0 bridgehead atoms. The molecule has 1 atom stereocenters. The fraction of sp³-hybridized carbons (Fsp3) is 1.00. The molecule has 0 amide bonds. The molecular formula is C57H129N3O8P2. The molecule has 0 aliphatic heterocycles. The van der Waals surface area contributed by atoms with Gasteiger partial charge in [-0.15, -0.1) is 0 Å². The van der Waals surface area contributed by atoms with Gasteiger partial charge in [-0.2, -0.15) is 0 Å². The molecule has 0 fully saturated rings. The van der Waals surface area contributed by atoms with Crippen LogP contribution in [0.25, 0.3) is 0 Å². The average molecular weight is 1050 g/mol. The van der Waals surface area contributed by atoms with Gasteiger partial charge in [0.1, 0.15) is 0 Å². The highest BCUT2D eigenvalue weighted by molar-refractivity contribution is 7.45. The molecule has 0 saturated carbocycles. The van der Waals surface area contributed by atoms with Crippen molar-refractivity contribution in [3.63, 3.8) is 0 Å². The fourth-order valence-electron chi connectivity index (χ4n) is 8.06. The molecule has 70 heavy (non-hydrogen) atoms. The zero-order valence-corrected chi connectivity index (χ0v) is 51.5. The van der Waals surface area contributed by atoms with Crippen LogP contribution in [0.5, 0.6) is 0 Å². The minimum atomic E-state index is -4.42. The van der Waals surface area contributed by atoms with Crippen LogP contribution in [0.1, 0.15) is 287 Å². The van der Waals surface area contributed by atoms with Gasteiger partial charge < -0.3 is 42.5 Å². The van der Waals surface area contributed by atoms with Crippen LogP contribution in [-0.2, 0) is 22.7 Å².